The summed E-state index contributed by atoms with van der Waals surface area (Å²) in [6.45, 7) is 0. The molecular formula is C12H7N3O3S. The second-order valence-corrected chi connectivity index (χ2v) is 4.58. The highest BCUT2D eigenvalue weighted by atomic mass is 32.2. The van der Waals surface area contributed by atoms with Gasteiger partial charge in [-0.1, -0.05) is 17.8 Å². The second-order valence-electron chi connectivity index (χ2n) is 3.49. The fraction of sp³-hybridized carbons (Fsp3) is 0. The van der Waals surface area contributed by atoms with Crippen LogP contribution in [-0.4, -0.2) is 15.0 Å². The van der Waals surface area contributed by atoms with Crippen molar-refractivity contribution >= 4 is 17.4 Å². The lowest BCUT2D eigenvalue weighted by molar-refractivity contribution is -0.385. The van der Waals surface area contributed by atoms with Crippen LogP contribution in [0.15, 0.2) is 46.3 Å². The Hall–Kier alpha value is -2.59. The number of nitrogens with zero attached hydrogens (tertiary/aromatic N) is 3. The summed E-state index contributed by atoms with van der Waals surface area (Å²) in [7, 11) is 0. The summed E-state index contributed by atoms with van der Waals surface area (Å²) in [6, 6.07) is 10.9. The first-order valence-corrected chi connectivity index (χ1v) is 5.94. The Morgan fingerprint density at radius 3 is 2.79 bits per heavy atom. The van der Waals surface area contributed by atoms with E-state index in [4.69, 9.17) is 5.26 Å². The van der Waals surface area contributed by atoms with Crippen LogP contribution in [0.2, 0.25) is 0 Å². The van der Waals surface area contributed by atoms with Gasteiger partial charge in [-0.05, 0) is 24.3 Å². The van der Waals surface area contributed by atoms with Gasteiger partial charge in [-0.3, -0.25) is 10.1 Å². The van der Waals surface area contributed by atoms with Gasteiger partial charge in [0, 0.05) is 11.0 Å². The van der Waals surface area contributed by atoms with E-state index in [9.17, 15) is 15.2 Å². The highest BCUT2D eigenvalue weighted by Gasteiger charge is 2.15. The highest BCUT2D eigenvalue weighted by Crippen LogP contribution is 2.30. The van der Waals surface area contributed by atoms with Crippen LogP contribution in [0.25, 0.3) is 0 Å². The minimum Gasteiger partial charge on any atom is -0.508 e. The first-order valence-electron chi connectivity index (χ1n) is 5.12. The van der Waals surface area contributed by atoms with Crippen LogP contribution in [-0.2, 0) is 0 Å². The fourth-order valence-electron chi connectivity index (χ4n) is 1.39. The van der Waals surface area contributed by atoms with E-state index in [0.717, 1.165) is 4.90 Å². The number of phenols is 1. The number of aromatic hydroxyl groups is 1. The van der Waals surface area contributed by atoms with E-state index in [1.807, 2.05) is 0 Å². The van der Waals surface area contributed by atoms with Crippen molar-refractivity contribution in [1.82, 2.24) is 4.98 Å². The Morgan fingerprint density at radius 1 is 1.37 bits per heavy atom. The van der Waals surface area contributed by atoms with Crippen LogP contribution in [0.4, 0.5) is 5.69 Å². The zero-order chi connectivity index (χ0) is 13.8. The number of pyridine rings is 1. The molecule has 0 aliphatic carbocycles. The normalized spacial score (nSPS) is 9.84. The molecule has 1 heterocycles. The molecule has 0 bridgehead atoms. The monoisotopic (exact) mass is 273 g/mol. The van der Waals surface area contributed by atoms with Crippen LogP contribution in [0.5, 0.6) is 5.75 Å². The van der Waals surface area contributed by atoms with Gasteiger partial charge in [0.2, 0.25) is 5.69 Å². The first-order chi connectivity index (χ1) is 9.10. The van der Waals surface area contributed by atoms with Crippen molar-refractivity contribution in [2.75, 3.05) is 0 Å². The first kappa shape index (κ1) is 12.9. The molecule has 1 aromatic carbocycles. The van der Waals surface area contributed by atoms with Crippen LogP contribution in [0.3, 0.4) is 0 Å². The number of nitro groups is 1. The average Bonchev–Trinajstić information content (AvgIpc) is 2.38. The van der Waals surface area contributed by atoms with Gasteiger partial charge in [0.15, 0.2) is 0 Å². The maximum Gasteiger partial charge on any atom is 0.305 e. The van der Waals surface area contributed by atoms with Gasteiger partial charge in [-0.15, -0.1) is 0 Å². The molecule has 1 aromatic heterocycles. The molecule has 0 spiro atoms. The zero-order valence-electron chi connectivity index (χ0n) is 9.48. The smallest absolute Gasteiger partial charge is 0.305 e. The summed E-state index contributed by atoms with van der Waals surface area (Å²) in [6.07, 6.45) is 0. The van der Waals surface area contributed by atoms with Crippen molar-refractivity contribution in [3.63, 3.8) is 0 Å². The third-order valence-electron chi connectivity index (χ3n) is 2.19. The molecule has 19 heavy (non-hydrogen) atoms. The molecule has 0 radical (unpaired) electrons. The summed E-state index contributed by atoms with van der Waals surface area (Å²) < 4.78 is 0. The van der Waals surface area contributed by atoms with E-state index in [0.29, 0.717) is 5.03 Å². The summed E-state index contributed by atoms with van der Waals surface area (Å²) >= 11 is 1.21. The van der Waals surface area contributed by atoms with E-state index >= 15 is 0 Å². The van der Waals surface area contributed by atoms with Crippen LogP contribution >= 0.6 is 11.8 Å². The van der Waals surface area contributed by atoms with E-state index in [1.54, 1.807) is 24.3 Å². The van der Waals surface area contributed by atoms with Gasteiger partial charge in [0.25, 0.3) is 0 Å². The largest absolute Gasteiger partial charge is 0.508 e. The predicted octanol–water partition coefficient (Wildman–Crippen LogP) is 2.72. The fourth-order valence-corrected chi connectivity index (χ4v) is 2.23. The molecule has 1 N–H and O–H groups in total. The molecule has 0 saturated carbocycles. The van der Waals surface area contributed by atoms with E-state index in [-0.39, 0.29) is 17.1 Å². The maximum absolute atomic E-state index is 10.7. The molecule has 0 saturated heterocycles. The van der Waals surface area contributed by atoms with Crippen molar-refractivity contribution in [1.29, 1.82) is 5.26 Å². The molecular weight excluding hydrogens is 266 g/mol. The Labute approximate surface area is 112 Å². The van der Waals surface area contributed by atoms with E-state index in [1.165, 1.54) is 30.0 Å². The number of hydrogen-bond acceptors (Lipinski definition) is 6. The summed E-state index contributed by atoms with van der Waals surface area (Å²) in [4.78, 5) is 14.7. The number of benzene rings is 1. The van der Waals surface area contributed by atoms with E-state index < -0.39 is 4.92 Å². The third-order valence-corrected chi connectivity index (χ3v) is 3.12. The van der Waals surface area contributed by atoms with Crippen molar-refractivity contribution in [2.45, 2.75) is 9.92 Å². The molecule has 6 nitrogen and oxygen atoms in total. The molecule has 0 aliphatic rings. The Bertz CT molecular complexity index is 682. The number of phenolic OH excluding ortho intramolecular Hbond substituents is 1. The zero-order valence-corrected chi connectivity index (χ0v) is 10.3. The second kappa shape index (κ2) is 5.37. The van der Waals surface area contributed by atoms with Gasteiger partial charge in [0.1, 0.15) is 16.8 Å². The van der Waals surface area contributed by atoms with Crippen molar-refractivity contribution < 1.29 is 10.0 Å². The van der Waals surface area contributed by atoms with Crippen LogP contribution in [0.1, 0.15) is 5.69 Å². The molecule has 94 valence electrons. The van der Waals surface area contributed by atoms with Gasteiger partial charge in [-0.25, -0.2) is 4.98 Å². The summed E-state index contributed by atoms with van der Waals surface area (Å²) in [5.41, 5.74) is -0.544. The van der Waals surface area contributed by atoms with Gasteiger partial charge < -0.3 is 5.11 Å². The molecule has 0 fully saturated rings. The van der Waals surface area contributed by atoms with Crippen molar-refractivity contribution in [3.05, 3.63) is 52.2 Å². The average molecular weight is 273 g/mol. The lowest BCUT2D eigenvalue weighted by Gasteiger charge is -2.02. The number of aromatic nitrogens is 1. The van der Waals surface area contributed by atoms with E-state index in [2.05, 4.69) is 4.98 Å². The number of nitriles is 1. The Kier molecular flexibility index (Phi) is 3.63. The molecule has 0 aliphatic heterocycles. The summed E-state index contributed by atoms with van der Waals surface area (Å²) in [5, 5.41) is 29.3. The quantitative estimate of drug-likeness (QED) is 0.681. The van der Waals surface area contributed by atoms with Gasteiger partial charge in [-0.2, -0.15) is 5.26 Å². The Balaban J connectivity index is 2.32. The van der Waals surface area contributed by atoms with Crippen molar-refractivity contribution in [2.24, 2.45) is 0 Å². The molecule has 0 atom stereocenters. The standard InChI is InChI=1S/C12H7N3O3S/c13-7-10-11(15(17)18)4-5-12(14-10)19-9-3-1-2-8(16)6-9/h1-6,16H. The molecule has 0 amide bonds. The van der Waals surface area contributed by atoms with Crippen molar-refractivity contribution in [3.8, 4) is 11.8 Å². The maximum atomic E-state index is 10.7. The molecule has 2 aromatic rings. The lowest BCUT2D eigenvalue weighted by Crippen LogP contribution is -1.95. The Morgan fingerprint density at radius 2 is 2.16 bits per heavy atom. The lowest BCUT2D eigenvalue weighted by atomic mass is 10.3. The SMILES string of the molecule is N#Cc1nc(Sc2cccc(O)c2)ccc1[N+](=O)[O-]. The minimum atomic E-state index is -0.644. The van der Waals surface area contributed by atoms with Crippen LogP contribution in [0, 0.1) is 21.4 Å². The number of rotatable bonds is 3. The summed E-state index contributed by atoms with van der Waals surface area (Å²) in [5.74, 6) is 0.118. The predicted molar refractivity (Wildman–Crippen MR) is 67.8 cm³/mol. The third kappa shape index (κ3) is 3.00. The minimum absolute atomic E-state index is 0.118. The molecule has 2 rings (SSSR count). The highest BCUT2D eigenvalue weighted by molar-refractivity contribution is 7.99. The molecule has 7 heteroatoms. The van der Waals surface area contributed by atoms with Crippen LogP contribution < -0.4 is 0 Å². The number of hydrogen-bond donors (Lipinski definition) is 1. The van der Waals surface area contributed by atoms with Gasteiger partial charge in [0.05, 0.1) is 4.92 Å². The topological polar surface area (TPSA) is 100 Å². The molecule has 0 unspecified atom stereocenters. The van der Waals surface area contributed by atoms with Gasteiger partial charge >= 0.3 is 5.69 Å².